The number of esters is 1. The van der Waals surface area contributed by atoms with E-state index >= 15 is 8.78 Å². The molecule has 34 heavy (non-hydrogen) atoms. The molecule has 0 saturated carbocycles. The highest BCUT2D eigenvalue weighted by molar-refractivity contribution is 6.39. The minimum absolute atomic E-state index is 0.141. The molecular weight excluding hydrogens is 491 g/mol. The Bertz CT molecular complexity index is 1120. The SMILES string of the molecule is CCOC(=O)C1=NNc2cc(-c3ccccc3)nn2C1(O)C(F)(F)C(F)(F)C(F)(F)C(F)(F)F. The number of ether oxygens (including phenoxy) is 1. The molecule has 0 amide bonds. The normalized spacial score (nSPS) is 19.2. The monoisotopic (exact) mass is 504 g/mol. The summed E-state index contributed by atoms with van der Waals surface area (Å²) < 4.78 is 128. The summed E-state index contributed by atoms with van der Waals surface area (Å²) in [5.74, 6) is -24.2. The number of nitrogens with zero attached hydrogens (tertiary/aromatic N) is 3. The van der Waals surface area contributed by atoms with E-state index in [0.29, 0.717) is 0 Å². The van der Waals surface area contributed by atoms with Crippen LogP contribution in [0.15, 0.2) is 41.5 Å². The largest absolute Gasteiger partial charge is 0.461 e. The first-order valence-electron chi connectivity index (χ1n) is 9.13. The van der Waals surface area contributed by atoms with E-state index < -0.39 is 58.5 Å². The number of alkyl halides is 9. The van der Waals surface area contributed by atoms with Crippen molar-refractivity contribution >= 4 is 17.5 Å². The fraction of sp³-hybridized carbons (Fsp3) is 0.389. The lowest BCUT2D eigenvalue weighted by atomic mass is 9.89. The number of benzene rings is 1. The average Bonchev–Trinajstić information content (AvgIpc) is 3.19. The third-order valence-corrected chi connectivity index (χ3v) is 4.75. The Balaban J connectivity index is 2.29. The number of hydrazone groups is 1. The molecule has 0 aliphatic carbocycles. The van der Waals surface area contributed by atoms with Gasteiger partial charge in [0.2, 0.25) is 5.71 Å². The van der Waals surface area contributed by atoms with Crippen LogP contribution in [0.1, 0.15) is 6.92 Å². The van der Waals surface area contributed by atoms with Gasteiger partial charge in [0, 0.05) is 11.6 Å². The van der Waals surface area contributed by atoms with Crippen LogP contribution in [-0.2, 0) is 15.3 Å². The van der Waals surface area contributed by atoms with Crippen molar-refractivity contribution in [1.82, 2.24) is 9.78 Å². The lowest BCUT2D eigenvalue weighted by Gasteiger charge is -2.43. The van der Waals surface area contributed by atoms with Gasteiger partial charge in [-0.15, -0.1) is 0 Å². The van der Waals surface area contributed by atoms with Gasteiger partial charge < -0.3 is 9.84 Å². The van der Waals surface area contributed by atoms with Gasteiger partial charge in [0.15, 0.2) is 0 Å². The van der Waals surface area contributed by atoms with Crippen LogP contribution in [0.4, 0.5) is 45.3 Å². The Labute approximate surface area is 183 Å². The van der Waals surface area contributed by atoms with Crippen LogP contribution in [0.5, 0.6) is 0 Å². The van der Waals surface area contributed by atoms with Crippen LogP contribution in [0, 0.1) is 0 Å². The van der Waals surface area contributed by atoms with Crippen molar-refractivity contribution in [2.75, 3.05) is 12.0 Å². The highest BCUT2D eigenvalue weighted by Crippen LogP contribution is 2.58. The van der Waals surface area contributed by atoms with Crippen molar-refractivity contribution in [2.24, 2.45) is 5.10 Å². The zero-order valence-electron chi connectivity index (χ0n) is 16.7. The van der Waals surface area contributed by atoms with Crippen LogP contribution in [-0.4, -0.2) is 57.1 Å². The molecule has 0 spiro atoms. The second-order valence-electron chi connectivity index (χ2n) is 6.88. The van der Waals surface area contributed by atoms with Gasteiger partial charge in [0.25, 0.3) is 5.72 Å². The number of aliphatic hydroxyl groups is 1. The minimum Gasteiger partial charge on any atom is -0.461 e. The van der Waals surface area contributed by atoms with Crippen molar-refractivity contribution in [3.63, 3.8) is 0 Å². The Morgan fingerprint density at radius 2 is 1.65 bits per heavy atom. The smallest absolute Gasteiger partial charge is 0.460 e. The van der Waals surface area contributed by atoms with Gasteiger partial charge in [-0.05, 0) is 6.92 Å². The van der Waals surface area contributed by atoms with E-state index in [4.69, 9.17) is 0 Å². The summed E-state index contributed by atoms with van der Waals surface area (Å²) in [7, 11) is 0. The first-order valence-corrected chi connectivity index (χ1v) is 9.13. The van der Waals surface area contributed by atoms with Crippen molar-refractivity contribution in [3.05, 3.63) is 36.4 Å². The van der Waals surface area contributed by atoms with E-state index in [2.05, 4.69) is 14.9 Å². The summed E-state index contributed by atoms with van der Waals surface area (Å²) in [5, 5.41) is 17.2. The molecule has 2 N–H and O–H groups in total. The Hall–Kier alpha value is -3.30. The predicted molar refractivity (Wildman–Crippen MR) is 96.4 cm³/mol. The van der Waals surface area contributed by atoms with Gasteiger partial charge in [-0.25, -0.2) is 9.48 Å². The fourth-order valence-corrected chi connectivity index (χ4v) is 3.01. The molecule has 1 aromatic heterocycles. The molecule has 3 rings (SSSR count). The minimum atomic E-state index is -7.35. The number of carbonyl (C=O) groups excluding carboxylic acids is 1. The van der Waals surface area contributed by atoms with Crippen molar-refractivity contribution in [3.8, 4) is 11.3 Å². The summed E-state index contributed by atoms with van der Waals surface area (Å²) in [6.45, 7) is 0.543. The molecule has 2 heterocycles. The van der Waals surface area contributed by atoms with Gasteiger partial charge in [-0.2, -0.15) is 49.7 Å². The predicted octanol–water partition coefficient (Wildman–Crippen LogP) is 4.01. The highest BCUT2D eigenvalue weighted by atomic mass is 19.4. The molecule has 1 atom stereocenters. The Kier molecular flexibility index (Phi) is 5.87. The van der Waals surface area contributed by atoms with Gasteiger partial charge in [-0.3, -0.25) is 5.43 Å². The molecular formula is C18H13F9N4O3. The molecule has 0 bridgehead atoms. The molecule has 7 nitrogen and oxygen atoms in total. The molecule has 2 aromatic rings. The zero-order valence-corrected chi connectivity index (χ0v) is 16.7. The number of carbonyl (C=O) groups is 1. The van der Waals surface area contributed by atoms with E-state index in [1.54, 1.807) is 0 Å². The Morgan fingerprint density at radius 1 is 1.06 bits per heavy atom. The summed E-state index contributed by atoms with van der Waals surface area (Å²) in [6, 6.07) is 7.98. The summed E-state index contributed by atoms with van der Waals surface area (Å²) in [5.41, 5.74) is -5.22. The molecule has 0 radical (unpaired) electrons. The molecule has 1 aromatic carbocycles. The second-order valence-corrected chi connectivity index (χ2v) is 6.88. The van der Waals surface area contributed by atoms with E-state index in [1.807, 2.05) is 5.43 Å². The highest BCUT2D eigenvalue weighted by Gasteiger charge is 2.88. The number of rotatable bonds is 6. The first kappa shape index (κ1) is 25.3. The summed E-state index contributed by atoms with van der Waals surface area (Å²) in [6.07, 6.45) is -7.16. The Morgan fingerprint density at radius 3 is 2.18 bits per heavy atom. The van der Waals surface area contributed by atoms with Gasteiger partial charge in [-0.1, -0.05) is 30.3 Å². The number of fused-ring (bicyclic) bond motifs is 1. The average molecular weight is 504 g/mol. The quantitative estimate of drug-likeness (QED) is 0.459. The van der Waals surface area contributed by atoms with Crippen molar-refractivity contribution in [1.29, 1.82) is 0 Å². The van der Waals surface area contributed by atoms with Crippen LogP contribution in [0.2, 0.25) is 0 Å². The molecule has 1 aliphatic rings. The van der Waals surface area contributed by atoms with Crippen LogP contribution in [0.3, 0.4) is 0 Å². The maximum Gasteiger partial charge on any atom is 0.460 e. The van der Waals surface area contributed by atoms with Crippen LogP contribution >= 0.6 is 0 Å². The fourth-order valence-electron chi connectivity index (χ4n) is 3.01. The number of anilines is 1. The van der Waals surface area contributed by atoms with E-state index in [-0.39, 0.29) is 11.3 Å². The zero-order chi connectivity index (χ0) is 25.7. The number of nitrogens with one attached hydrogen (secondary N) is 1. The molecule has 0 fully saturated rings. The van der Waals surface area contributed by atoms with E-state index in [0.717, 1.165) is 13.0 Å². The standard InChI is InChI=1S/C18H13F9N4O3/c1-2-34-13(32)12-14(33,15(19,20)16(21,22)17(23,24)18(25,26)27)31-11(28-29-12)8-10(30-31)9-6-4-3-5-7-9/h3-8,28,33H,2H2,1H3. The summed E-state index contributed by atoms with van der Waals surface area (Å²) in [4.78, 5) is 12.1. The third kappa shape index (κ3) is 3.38. The maximum absolute atomic E-state index is 15.1. The summed E-state index contributed by atoms with van der Waals surface area (Å²) >= 11 is 0. The lowest BCUT2D eigenvalue weighted by molar-refractivity contribution is -0.418. The third-order valence-electron chi connectivity index (χ3n) is 4.75. The molecule has 1 unspecified atom stereocenters. The molecule has 16 heteroatoms. The number of hydrogen-bond donors (Lipinski definition) is 2. The molecule has 186 valence electrons. The van der Waals surface area contributed by atoms with Gasteiger partial charge in [0.05, 0.1) is 12.3 Å². The number of aromatic nitrogens is 2. The topological polar surface area (TPSA) is 88.7 Å². The molecule has 1 aliphatic heterocycles. The first-order chi connectivity index (χ1) is 15.5. The van der Waals surface area contributed by atoms with E-state index in [1.165, 1.54) is 30.3 Å². The van der Waals surface area contributed by atoms with Gasteiger partial charge in [0.1, 0.15) is 5.82 Å². The van der Waals surface area contributed by atoms with Crippen molar-refractivity contribution in [2.45, 2.75) is 36.6 Å². The van der Waals surface area contributed by atoms with Crippen LogP contribution < -0.4 is 5.43 Å². The number of halogens is 9. The second kappa shape index (κ2) is 7.89. The van der Waals surface area contributed by atoms with Gasteiger partial charge >= 0.3 is 29.9 Å². The van der Waals surface area contributed by atoms with E-state index in [9.17, 15) is 40.6 Å². The number of hydrogen-bond acceptors (Lipinski definition) is 6. The molecule has 0 saturated heterocycles. The van der Waals surface area contributed by atoms with Crippen LogP contribution in [0.25, 0.3) is 11.3 Å². The van der Waals surface area contributed by atoms with Crippen molar-refractivity contribution < 1.29 is 54.2 Å². The maximum atomic E-state index is 15.1. The lowest BCUT2D eigenvalue weighted by Crippen LogP contribution is -2.72.